The highest BCUT2D eigenvalue weighted by Gasteiger charge is 2.49. The average Bonchev–Trinajstić information content (AvgIpc) is 3.18. The fourth-order valence-electron chi connectivity index (χ4n) is 9.44. The first kappa shape index (κ1) is 34.8. The summed E-state index contributed by atoms with van der Waals surface area (Å²) in [5, 5.41) is 9.33. The minimum absolute atomic E-state index is 0.208. The molecule has 6 aliphatic rings. The molecule has 0 aliphatic carbocycles. The molecule has 10 rings (SSSR count). The van der Waals surface area contributed by atoms with Gasteiger partial charge in [-0.1, -0.05) is 0 Å². The van der Waals surface area contributed by atoms with Crippen LogP contribution in [0.4, 0.5) is 44.9 Å². The summed E-state index contributed by atoms with van der Waals surface area (Å²) in [6, 6.07) is 15.3. The maximum atomic E-state index is 12.4. The number of hydrogen-bond donors (Lipinski definition) is 3. The first-order chi connectivity index (χ1) is 27.3. The zero-order valence-corrected chi connectivity index (χ0v) is 32.2. The Morgan fingerprint density at radius 2 is 1.66 bits per heavy atom. The molecule has 1 spiro atoms. The molecule has 0 unspecified atom stereocenters. The number of anilines is 7. The van der Waals surface area contributed by atoms with E-state index in [-0.39, 0.29) is 11.9 Å². The van der Waals surface area contributed by atoms with E-state index in [0.717, 1.165) is 85.3 Å². The summed E-state index contributed by atoms with van der Waals surface area (Å²) in [4.78, 5) is 49.8. The number of nitrogens with one attached hydrogen (secondary N) is 3. The SMILES string of the molecule is Cc1cc(N2CC(N3CC4(CCN(c5ccc(Nc6ncc7c(n6)CN(c6cnc8c(c6C)NCCO8)CC7)cc5)CC4)C3)C2)ccc1N1CCC(=O)NC1=O. The molecule has 3 N–H and O–H groups in total. The fraction of sp³-hybridized carbons (Fsp3) is 0.452. The molecule has 0 radical (unpaired) electrons. The topological polar surface area (TPSA) is 134 Å². The van der Waals surface area contributed by atoms with Crippen molar-refractivity contribution in [2.24, 2.45) is 5.41 Å². The summed E-state index contributed by atoms with van der Waals surface area (Å²) in [7, 11) is 0. The fourth-order valence-corrected chi connectivity index (χ4v) is 9.44. The Morgan fingerprint density at radius 3 is 2.45 bits per heavy atom. The number of aryl methyl sites for hydroxylation is 1. The van der Waals surface area contributed by atoms with Crippen LogP contribution in [0.2, 0.25) is 0 Å². The Bertz CT molecular complexity index is 2170. The minimum atomic E-state index is -0.334. The van der Waals surface area contributed by atoms with E-state index in [1.807, 2.05) is 25.4 Å². The molecule has 6 aliphatic heterocycles. The van der Waals surface area contributed by atoms with Crippen LogP contribution in [0, 0.1) is 19.3 Å². The monoisotopic (exact) mass is 755 g/mol. The maximum Gasteiger partial charge on any atom is 0.328 e. The molecule has 4 saturated heterocycles. The molecule has 0 bridgehead atoms. The van der Waals surface area contributed by atoms with Crippen LogP contribution in [-0.4, -0.2) is 103 Å². The third-order valence-electron chi connectivity index (χ3n) is 12.9. The number of imide groups is 1. The molecule has 2 aromatic carbocycles. The highest BCUT2D eigenvalue weighted by molar-refractivity contribution is 6.06. The number of hydrogen-bond acceptors (Lipinski definition) is 12. The second-order valence-electron chi connectivity index (χ2n) is 16.4. The van der Waals surface area contributed by atoms with E-state index < -0.39 is 0 Å². The number of urea groups is 1. The largest absolute Gasteiger partial charge is 0.474 e. The predicted molar refractivity (Wildman–Crippen MR) is 218 cm³/mol. The second kappa shape index (κ2) is 13.8. The third kappa shape index (κ3) is 6.39. The lowest BCUT2D eigenvalue weighted by Gasteiger charge is -2.60. The Kier molecular flexibility index (Phi) is 8.61. The number of piperidine rings is 1. The molecule has 14 heteroatoms. The van der Waals surface area contributed by atoms with Crippen LogP contribution in [0.5, 0.6) is 5.88 Å². The van der Waals surface area contributed by atoms with Crippen LogP contribution in [0.3, 0.4) is 0 Å². The number of fused-ring (bicyclic) bond motifs is 2. The predicted octanol–water partition coefficient (Wildman–Crippen LogP) is 4.84. The standard InChI is InChI=1S/C42H49N11O3/c1-27-19-32(7-8-35(27)53-15-10-37(54)48-41(53)55)51-22-33(23-51)52-25-42(26-52)11-16-49(17-12-42)31-5-3-30(4-6-31)46-40-45-20-29-9-14-50(24-34(29)47-40)36-21-44-39-38(28(36)2)43-13-18-56-39/h3-8,19-21,33,43H,9-18,22-26H2,1-2H3,(H,45,46,47)(H,48,54,55). The molecule has 4 fully saturated rings. The Balaban J connectivity index is 0.694. The number of carbonyl (C=O) groups excluding carboxylic acids is 2. The van der Waals surface area contributed by atoms with Crippen LogP contribution in [0.25, 0.3) is 0 Å². The smallest absolute Gasteiger partial charge is 0.328 e. The Hall–Kier alpha value is -5.63. The number of aromatic nitrogens is 3. The highest BCUT2D eigenvalue weighted by atomic mass is 16.5. The molecule has 3 amide bonds. The number of ether oxygens (including phenoxy) is 1. The first-order valence-electron chi connectivity index (χ1n) is 20.1. The summed E-state index contributed by atoms with van der Waals surface area (Å²) in [5.41, 5.74) is 11.3. The van der Waals surface area contributed by atoms with E-state index in [4.69, 9.17) is 9.72 Å². The minimum Gasteiger partial charge on any atom is -0.474 e. The van der Waals surface area contributed by atoms with E-state index in [1.165, 1.54) is 42.9 Å². The van der Waals surface area contributed by atoms with Gasteiger partial charge in [0.2, 0.25) is 17.7 Å². The summed E-state index contributed by atoms with van der Waals surface area (Å²) in [6.07, 6.45) is 7.57. The maximum absolute atomic E-state index is 12.4. The molecule has 0 saturated carbocycles. The normalized spacial score (nSPS) is 20.7. The van der Waals surface area contributed by atoms with E-state index in [2.05, 4.69) is 88.8 Å². The summed E-state index contributed by atoms with van der Waals surface area (Å²) >= 11 is 0. The number of likely N-dealkylation sites (tertiary alicyclic amines) is 1. The van der Waals surface area contributed by atoms with Gasteiger partial charge in [0.1, 0.15) is 12.3 Å². The molecule has 2 aromatic heterocycles. The molecule has 14 nitrogen and oxygen atoms in total. The second-order valence-corrected chi connectivity index (χ2v) is 16.4. The van der Waals surface area contributed by atoms with E-state index in [9.17, 15) is 9.59 Å². The van der Waals surface area contributed by atoms with Crippen LogP contribution < -0.4 is 40.3 Å². The number of nitrogens with zero attached hydrogens (tertiary/aromatic N) is 8. The van der Waals surface area contributed by atoms with Gasteiger partial charge in [0.15, 0.2) is 0 Å². The van der Waals surface area contributed by atoms with Crippen molar-refractivity contribution < 1.29 is 14.3 Å². The molecular weight excluding hydrogens is 707 g/mol. The first-order valence-corrected chi connectivity index (χ1v) is 20.1. The quantitative estimate of drug-likeness (QED) is 0.239. The van der Waals surface area contributed by atoms with Crippen LogP contribution in [0.15, 0.2) is 54.9 Å². The van der Waals surface area contributed by atoms with Crippen molar-refractivity contribution in [3.8, 4) is 5.88 Å². The van der Waals surface area contributed by atoms with Gasteiger partial charge < -0.3 is 30.1 Å². The van der Waals surface area contributed by atoms with Gasteiger partial charge in [0.25, 0.3) is 0 Å². The van der Waals surface area contributed by atoms with Gasteiger partial charge in [0.05, 0.1) is 24.1 Å². The van der Waals surface area contributed by atoms with Crippen molar-refractivity contribution in [2.45, 2.75) is 52.1 Å². The van der Waals surface area contributed by atoms with Crippen LogP contribution in [0.1, 0.15) is 41.6 Å². The molecule has 56 heavy (non-hydrogen) atoms. The lowest BCUT2D eigenvalue weighted by Crippen LogP contribution is -2.70. The van der Waals surface area contributed by atoms with Crippen molar-refractivity contribution in [1.82, 2.24) is 25.2 Å². The zero-order valence-electron chi connectivity index (χ0n) is 32.2. The van der Waals surface area contributed by atoms with Gasteiger partial charge in [-0.05, 0) is 92.1 Å². The number of benzene rings is 2. The van der Waals surface area contributed by atoms with Crippen LogP contribution >= 0.6 is 0 Å². The average molecular weight is 756 g/mol. The summed E-state index contributed by atoms with van der Waals surface area (Å²) in [5.74, 6) is 1.10. The van der Waals surface area contributed by atoms with Gasteiger partial charge in [-0.25, -0.2) is 19.7 Å². The lowest BCUT2D eigenvalue weighted by molar-refractivity contribution is -0.120. The van der Waals surface area contributed by atoms with E-state index >= 15 is 0 Å². The van der Waals surface area contributed by atoms with Crippen molar-refractivity contribution in [2.75, 3.05) is 95.7 Å². The summed E-state index contributed by atoms with van der Waals surface area (Å²) in [6.45, 7) is 14.3. The number of rotatable bonds is 7. The van der Waals surface area contributed by atoms with Crippen molar-refractivity contribution in [1.29, 1.82) is 0 Å². The van der Waals surface area contributed by atoms with E-state index in [0.29, 0.717) is 49.4 Å². The highest BCUT2D eigenvalue weighted by Crippen LogP contribution is 2.44. The molecule has 4 aromatic rings. The molecule has 0 atom stereocenters. The molecular formula is C42H49N11O3. The number of pyridine rings is 1. The number of amides is 3. The molecule has 8 heterocycles. The van der Waals surface area contributed by atoms with Crippen LogP contribution in [-0.2, 0) is 17.8 Å². The van der Waals surface area contributed by atoms with E-state index in [1.54, 1.807) is 4.90 Å². The lowest BCUT2D eigenvalue weighted by atomic mass is 9.71. The molecule has 290 valence electrons. The van der Waals surface area contributed by atoms with Gasteiger partial charge in [0, 0.05) is 106 Å². The summed E-state index contributed by atoms with van der Waals surface area (Å²) < 4.78 is 5.74. The van der Waals surface area contributed by atoms with Crippen molar-refractivity contribution in [3.63, 3.8) is 0 Å². The van der Waals surface area contributed by atoms with Gasteiger partial charge in [-0.3, -0.25) is 19.9 Å². The Labute approximate surface area is 327 Å². The van der Waals surface area contributed by atoms with Crippen molar-refractivity contribution >= 4 is 52.0 Å². The zero-order chi connectivity index (χ0) is 38.0. The van der Waals surface area contributed by atoms with Crippen molar-refractivity contribution in [3.05, 3.63) is 77.2 Å². The third-order valence-corrected chi connectivity index (χ3v) is 12.9. The number of carbonyl (C=O) groups is 2. The van der Waals surface area contributed by atoms with Gasteiger partial charge in [-0.15, -0.1) is 0 Å². The van der Waals surface area contributed by atoms with Gasteiger partial charge in [-0.2, -0.15) is 0 Å². The Morgan fingerprint density at radius 1 is 0.857 bits per heavy atom. The van der Waals surface area contributed by atoms with Gasteiger partial charge >= 0.3 is 6.03 Å².